The van der Waals surface area contributed by atoms with Gasteiger partial charge in [0, 0.05) is 5.02 Å². The van der Waals surface area contributed by atoms with Crippen LogP contribution in [-0.4, -0.2) is 13.1 Å². The third-order valence-electron chi connectivity index (χ3n) is 2.82. The zero-order chi connectivity index (χ0) is 12.8. The second-order valence-electron chi connectivity index (χ2n) is 5.46. The van der Waals surface area contributed by atoms with Crippen molar-refractivity contribution in [3.8, 4) is 0 Å². The van der Waals surface area contributed by atoms with Crippen molar-refractivity contribution in [1.29, 1.82) is 0 Å². The van der Waals surface area contributed by atoms with Gasteiger partial charge in [0.05, 0.1) is 0 Å². The molecule has 1 nitrogen and oxygen atoms in total. The molecule has 17 heavy (non-hydrogen) atoms. The number of nitrogens with one attached hydrogen (secondary N) is 1. The number of hydrogen-bond donors (Lipinski definition) is 1. The first-order valence-corrected chi connectivity index (χ1v) is 6.82. The van der Waals surface area contributed by atoms with Gasteiger partial charge >= 0.3 is 0 Å². The minimum Gasteiger partial charge on any atom is -0.316 e. The van der Waals surface area contributed by atoms with Crippen LogP contribution in [0, 0.1) is 18.8 Å². The topological polar surface area (TPSA) is 12.0 Å². The Labute approximate surface area is 111 Å². The third kappa shape index (κ3) is 5.56. The number of rotatable bonds is 6. The molecular formula is C15H24ClN. The Bertz CT molecular complexity index is 347. The van der Waals surface area contributed by atoms with Crippen molar-refractivity contribution < 1.29 is 0 Å². The highest BCUT2D eigenvalue weighted by atomic mass is 35.5. The first-order valence-electron chi connectivity index (χ1n) is 6.44. The molecule has 96 valence electrons. The van der Waals surface area contributed by atoms with Crippen molar-refractivity contribution >= 4 is 11.6 Å². The summed E-state index contributed by atoms with van der Waals surface area (Å²) >= 11 is 6.24. The first-order chi connectivity index (χ1) is 7.99. The van der Waals surface area contributed by atoms with Gasteiger partial charge in [-0.3, -0.25) is 0 Å². The molecule has 0 spiro atoms. The summed E-state index contributed by atoms with van der Waals surface area (Å²) in [5.41, 5.74) is 2.49. The maximum atomic E-state index is 6.24. The molecule has 0 aliphatic carbocycles. The van der Waals surface area contributed by atoms with Gasteiger partial charge in [0.25, 0.3) is 0 Å². The van der Waals surface area contributed by atoms with Crippen LogP contribution in [0.1, 0.15) is 31.9 Å². The summed E-state index contributed by atoms with van der Waals surface area (Å²) < 4.78 is 0. The molecule has 0 bridgehead atoms. The fourth-order valence-corrected chi connectivity index (χ4v) is 2.20. The summed E-state index contributed by atoms with van der Waals surface area (Å²) in [7, 11) is 0. The molecular weight excluding hydrogens is 230 g/mol. The van der Waals surface area contributed by atoms with Crippen molar-refractivity contribution in [3.05, 3.63) is 34.3 Å². The highest BCUT2D eigenvalue weighted by Gasteiger charge is 2.07. The Balaban J connectivity index is 2.42. The molecule has 1 rings (SSSR count). The summed E-state index contributed by atoms with van der Waals surface area (Å²) in [6.07, 6.45) is 1.05. The predicted octanol–water partition coefficient (Wildman–Crippen LogP) is 4.07. The molecule has 1 unspecified atom stereocenters. The summed E-state index contributed by atoms with van der Waals surface area (Å²) in [6, 6.07) is 6.33. The smallest absolute Gasteiger partial charge is 0.0440 e. The molecule has 0 amide bonds. The van der Waals surface area contributed by atoms with Crippen molar-refractivity contribution in [2.45, 2.75) is 34.1 Å². The second kappa shape index (κ2) is 7.03. The van der Waals surface area contributed by atoms with Gasteiger partial charge in [-0.25, -0.2) is 0 Å². The van der Waals surface area contributed by atoms with E-state index in [1.807, 2.05) is 6.07 Å². The summed E-state index contributed by atoms with van der Waals surface area (Å²) in [4.78, 5) is 0. The number of halogens is 1. The second-order valence-corrected chi connectivity index (χ2v) is 5.86. The zero-order valence-electron chi connectivity index (χ0n) is 11.4. The molecule has 2 heteroatoms. The Morgan fingerprint density at radius 2 is 1.88 bits per heavy atom. The molecule has 0 aliphatic rings. The predicted molar refractivity (Wildman–Crippen MR) is 76.8 cm³/mol. The van der Waals surface area contributed by atoms with Gasteiger partial charge in [-0.1, -0.05) is 44.5 Å². The van der Waals surface area contributed by atoms with E-state index in [0.29, 0.717) is 11.8 Å². The molecule has 1 N–H and O–H groups in total. The molecule has 0 aromatic heterocycles. The normalized spacial score (nSPS) is 13.1. The van der Waals surface area contributed by atoms with E-state index in [1.165, 1.54) is 11.1 Å². The van der Waals surface area contributed by atoms with Gasteiger partial charge in [0.2, 0.25) is 0 Å². The van der Waals surface area contributed by atoms with Crippen LogP contribution in [0.3, 0.4) is 0 Å². The van der Waals surface area contributed by atoms with Crippen molar-refractivity contribution in [1.82, 2.24) is 5.32 Å². The fraction of sp³-hybridized carbons (Fsp3) is 0.600. The maximum absolute atomic E-state index is 6.24. The lowest BCUT2D eigenvalue weighted by Gasteiger charge is -2.15. The summed E-state index contributed by atoms with van der Waals surface area (Å²) in [5, 5.41) is 4.40. The lowest BCUT2D eigenvalue weighted by molar-refractivity contribution is 0.473. The van der Waals surface area contributed by atoms with E-state index in [4.69, 9.17) is 11.6 Å². The first kappa shape index (κ1) is 14.5. The van der Waals surface area contributed by atoms with Gasteiger partial charge in [0.1, 0.15) is 0 Å². The van der Waals surface area contributed by atoms with E-state index in [2.05, 4.69) is 45.1 Å². The lowest BCUT2D eigenvalue weighted by atomic mass is 10.00. The Kier molecular flexibility index (Phi) is 6.01. The van der Waals surface area contributed by atoms with Crippen LogP contribution >= 0.6 is 11.6 Å². The van der Waals surface area contributed by atoms with E-state index in [9.17, 15) is 0 Å². The molecule has 0 fully saturated rings. The summed E-state index contributed by atoms with van der Waals surface area (Å²) in [6.45, 7) is 10.9. The lowest BCUT2D eigenvalue weighted by Crippen LogP contribution is -2.26. The van der Waals surface area contributed by atoms with Crippen LogP contribution in [0.2, 0.25) is 5.02 Å². The highest BCUT2D eigenvalue weighted by molar-refractivity contribution is 6.31. The third-order valence-corrected chi connectivity index (χ3v) is 3.17. The Morgan fingerprint density at radius 1 is 1.18 bits per heavy atom. The van der Waals surface area contributed by atoms with E-state index in [0.717, 1.165) is 24.5 Å². The van der Waals surface area contributed by atoms with Gasteiger partial charge in [-0.15, -0.1) is 0 Å². The molecule has 1 atom stereocenters. The van der Waals surface area contributed by atoms with E-state index >= 15 is 0 Å². The van der Waals surface area contributed by atoms with Gasteiger partial charge in [0.15, 0.2) is 0 Å². The van der Waals surface area contributed by atoms with Crippen LogP contribution in [-0.2, 0) is 6.42 Å². The Hall–Kier alpha value is -0.530. The van der Waals surface area contributed by atoms with Gasteiger partial charge < -0.3 is 5.32 Å². The number of aryl methyl sites for hydroxylation is 1. The quantitative estimate of drug-likeness (QED) is 0.806. The number of hydrogen-bond acceptors (Lipinski definition) is 1. The van der Waals surface area contributed by atoms with Gasteiger partial charge in [-0.05, 0) is 55.5 Å². The molecule has 0 saturated heterocycles. The molecule has 0 saturated carbocycles. The summed E-state index contributed by atoms with van der Waals surface area (Å²) in [5.74, 6) is 1.33. The van der Waals surface area contributed by atoms with Crippen LogP contribution in [0.5, 0.6) is 0 Å². The monoisotopic (exact) mass is 253 g/mol. The van der Waals surface area contributed by atoms with Crippen LogP contribution in [0.25, 0.3) is 0 Å². The van der Waals surface area contributed by atoms with Gasteiger partial charge in [-0.2, -0.15) is 0 Å². The van der Waals surface area contributed by atoms with Crippen LogP contribution in [0.4, 0.5) is 0 Å². The minimum atomic E-state index is 0.619. The highest BCUT2D eigenvalue weighted by Crippen LogP contribution is 2.20. The molecule has 1 aromatic carbocycles. The van der Waals surface area contributed by atoms with E-state index in [1.54, 1.807) is 0 Å². The molecule has 0 heterocycles. The number of benzene rings is 1. The SMILES string of the molecule is Cc1ccc(CC(C)CNCC(C)C)c(Cl)c1. The average Bonchev–Trinajstić information content (AvgIpc) is 2.21. The molecule has 0 radical (unpaired) electrons. The van der Waals surface area contributed by atoms with Crippen molar-refractivity contribution in [3.63, 3.8) is 0 Å². The van der Waals surface area contributed by atoms with Crippen molar-refractivity contribution in [2.24, 2.45) is 11.8 Å². The average molecular weight is 254 g/mol. The molecule has 0 aliphatic heterocycles. The molecule has 1 aromatic rings. The zero-order valence-corrected chi connectivity index (χ0v) is 12.1. The van der Waals surface area contributed by atoms with Crippen LogP contribution in [0.15, 0.2) is 18.2 Å². The minimum absolute atomic E-state index is 0.619. The Morgan fingerprint density at radius 3 is 2.47 bits per heavy atom. The largest absolute Gasteiger partial charge is 0.316 e. The van der Waals surface area contributed by atoms with E-state index < -0.39 is 0 Å². The van der Waals surface area contributed by atoms with Crippen molar-refractivity contribution in [2.75, 3.05) is 13.1 Å². The maximum Gasteiger partial charge on any atom is 0.0440 e. The fourth-order valence-electron chi connectivity index (χ4n) is 1.88. The standard InChI is InChI=1S/C15H24ClN/c1-11(2)9-17-10-13(4)7-14-6-5-12(3)8-15(14)16/h5-6,8,11,13,17H,7,9-10H2,1-4H3. The van der Waals surface area contributed by atoms with Crippen LogP contribution < -0.4 is 5.32 Å². The van der Waals surface area contributed by atoms with E-state index in [-0.39, 0.29) is 0 Å².